The molecule has 0 bridgehead atoms. The van der Waals surface area contributed by atoms with Crippen LogP contribution in [-0.4, -0.2) is 6.26 Å². The van der Waals surface area contributed by atoms with Crippen molar-refractivity contribution >= 4 is 28.8 Å². The van der Waals surface area contributed by atoms with Crippen molar-refractivity contribution in [3.05, 3.63) is 48.3 Å². The number of nitrogens with two attached hydrogens (primary N) is 1. The smallest absolute Gasteiger partial charge is 0.127 e. The molecule has 2 aromatic rings. The Balaban J connectivity index is 2.19. The summed E-state index contributed by atoms with van der Waals surface area (Å²) in [4.78, 5) is 1.19. The van der Waals surface area contributed by atoms with Crippen LogP contribution >= 0.6 is 11.8 Å². The number of rotatable bonds is 3. The highest BCUT2D eigenvalue weighted by molar-refractivity contribution is 7.98. The highest BCUT2D eigenvalue weighted by Gasteiger charge is 1.99. The van der Waals surface area contributed by atoms with Crippen LogP contribution in [0.1, 0.15) is 0 Å². The number of nitrogen functional groups attached to an aromatic ring is 1. The molecule has 0 radical (unpaired) electrons. The Morgan fingerprint density at radius 2 is 1.76 bits per heavy atom. The van der Waals surface area contributed by atoms with Gasteiger partial charge in [-0.25, -0.2) is 4.39 Å². The highest BCUT2D eigenvalue weighted by Crippen LogP contribution is 2.22. The lowest BCUT2D eigenvalue weighted by molar-refractivity contribution is 0.629. The van der Waals surface area contributed by atoms with Crippen molar-refractivity contribution in [1.29, 1.82) is 0 Å². The van der Waals surface area contributed by atoms with E-state index in [4.69, 9.17) is 5.73 Å². The molecule has 0 saturated heterocycles. The Hall–Kier alpha value is -1.68. The van der Waals surface area contributed by atoms with Crippen molar-refractivity contribution in [1.82, 2.24) is 0 Å². The molecule has 0 amide bonds. The van der Waals surface area contributed by atoms with Crippen molar-refractivity contribution in [3.63, 3.8) is 0 Å². The van der Waals surface area contributed by atoms with Gasteiger partial charge in [0.15, 0.2) is 0 Å². The van der Waals surface area contributed by atoms with Crippen LogP contribution in [0.4, 0.5) is 21.5 Å². The fourth-order valence-corrected chi connectivity index (χ4v) is 1.93. The topological polar surface area (TPSA) is 38.0 Å². The molecule has 0 spiro atoms. The molecule has 0 aliphatic rings. The minimum absolute atomic E-state index is 0.340. The van der Waals surface area contributed by atoms with Gasteiger partial charge in [0.25, 0.3) is 0 Å². The number of nitrogens with one attached hydrogen (secondary N) is 1. The minimum atomic E-state index is -0.340. The highest BCUT2D eigenvalue weighted by atomic mass is 32.2. The molecular weight excluding hydrogens is 235 g/mol. The second-order valence-corrected chi connectivity index (χ2v) is 4.51. The van der Waals surface area contributed by atoms with Gasteiger partial charge in [0.1, 0.15) is 5.82 Å². The zero-order chi connectivity index (χ0) is 12.3. The summed E-state index contributed by atoms with van der Waals surface area (Å²) in [7, 11) is 0. The number of halogens is 1. The summed E-state index contributed by atoms with van der Waals surface area (Å²) >= 11 is 1.68. The van der Waals surface area contributed by atoms with Crippen LogP contribution in [-0.2, 0) is 0 Å². The maximum atomic E-state index is 13.1. The van der Waals surface area contributed by atoms with Crippen LogP contribution < -0.4 is 11.1 Å². The quantitative estimate of drug-likeness (QED) is 0.639. The van der Waals surface area contributed by atoms with Crippen LogP contribution in [0, 0.1) is 5.82 Å². The Labute approximate surface area is 104 Å². The van der Waals surface area contributed by atoms with E-state index < -0.39 is 0 Å². The molecule has 0 aliphatic heterocycles. The van der Waals surface area contributed by atoms with Gasteiger partial charge in [-0.05, 0) is 48.7 Å². The van der Waals surface area contributed by atoms with E-state index in [1.165, 1.54) is 17.0 Å². The second kappa shape index (κ2) is 5.10. The zero-order valence-corrected chi connectivity index (χ0v) is 10.2. The second-order valence-electron chi connectivity index (χ2n) is 3.63. The first kappa shape index (κ1) is 11.8. The lowest BCUT2D eigenvalue weighted by atomic mass is 10.2. The molecule has 0 saturated carbocycles. The maximum absolute atomic E-state index is 13.1. The predicted octanol–water partition coefficient (Wildman–Crippen LogP) is 3.87. The van der Waals surface area contributed by atoms with Crippen molar-refractivity contribution in [3.8, 4) is 0 Å². The molecule has 0 unspecified atom stereocenters. The summed E-state index contributed by atoms with van der Waals surface area (Å²) in [5.74, 6) is -0.340. The first-order chi connectivity index (χ1) is 8.17. The Kier molecular flexibility index (Phi) is 3.54. The Bertz CT molecular complexity index is 491. The zero-order valence-electron chi connectivity index (χ0n) is 9.41. The fraction of sp³-hybridized carbons (Fsp3) is 0.0769. The monoisotopic (exact) mass is 248 g/mol. The Morgan fingerprint density at radius 1 is 1.06 bits per heavy atom. The van der Waals surface area contributed by atoms with Crippen molar-refractivity contribution < 1.29 is 4.39 Å². The van der Waals surface area contributed by atoms with E-state index in [1.807, 2.05) is 30.5 Å². The summed E-state index contributed by atoms with van der Waals surface area (Å²) in [5.41, 5.74) is 7.55. The normalized spacial score (nSPS) is 10.2. The lowest BCUT2D eigenvalue weighted by Crippen LogP contribution is -1.93. The molecule has 17 heavy (non-hydrogen) atoms. The van der Waals surface area contributed by atoms with Gasteiger partial charge in [0.05, 0.1) is 0 Å². The van der Waals surface area contributed by atoms with Crippen molar-refractivity contribution in [2.75, 3.05) is 17.3 Å². The number of thioether (sulfide) groups is 1. The standard InChI is InChI=1S/C13H13FN2S/c1-17-13-4-2-11(3-5-13)16-12-7-9(14)6-10(15)8-12/h2-8,16H,15H2,1H3. The largest absolute Gasteiger partial charge is 0.399 e. The third-order valence-electron chi connectivity index (χ3n) is 2.30. The molecule has 2 aromatic carbocycles. The van der Waals surface area contributed by atoms with Gasteiger partial charge in [-0.1, -0.05) is 0 Å². The molecular formula is C13H13FN2S. The molecule has 0 aromatic heterocycles. The van der Waals surface area contributed by atoms with Gasteiger partial charge in [-0.2, -0.15) is 0 Å². The van der Waals surface area contributed by atoms with Crippen molar-refractivity contribution in [2.24, 2.45) is 0 Å². The molecule has 0 atom stereocenters. The lowest BCUT2D eigenvalue weighted by Gasteiger charge is -2.08. The molecule has 4 heteroatoms. The average molecular weight is 248 g/mol. The van der Waals surface area contributed by atoms with Crippen LogP contribution in [0.5, 0.6) is 0 Å². The van der Waals surface area contributed by atoms with Gasteiger partial charge in [-0.15, -0.1) is 11.8 Å². The molecule has 2 rings (SSSR count). The number of benzene rings is 2. The maximum Gasteiger partial charge on any atom is 0.127 e. The van der Waals surface area contributed by atoms with Gasteiger partial charge in [0.2, 0.25) is 0 Å². The van der Waals surface area contributed by atoms with Gasteiger partial charge in [-0.3, -0.25) is 0 Å². The first-order valence-electron chi connectivity index (χ1n) is 5.14. The van der Waals surface area contributed by atoms with Gasteiger partial charge in [0, 0.05) is 22.0 Å². The van der Waals surface area contributed by atoms with Crippen LogP contribution in [0.15, 0.2) is 47.4 Å². The third-order valence-corrected chi connectivity index (χ3v) is 3.04. The van der Waals surface area contributed by atoms with Gasteiger partial charge >= 0.3 is 0 Å². The SMILES string of the molecule is CSc1ccc(Nc2cc(N)cc(F)c2)cc1. The summed E-state index contributed by atoms with van der Waals surface area (Å²) in [6.45, 7) is 0. The predicted molar refractivity (Wildman–Crippen MR) is 72.3 cm³/mol. The summed E-state index contributed by atoms with van der Waals surface area (Å²) in [5, 5.41) is 3.11. The minimum Gasteiger partial charge on any atom is -0.399 e. The number of hydrogen-bond donors (Lipinski definition) is 2. The van der Waals surface area contributed by atoms with E-state index in [9.17, 15) is 4.39 Å². The third kappa shape index (κ3) is 3.14. The molecule has 2 nitrogen and oxygen atoms in total. The molecule has 0 fully saturated rings. The van der Waals surface area contributed by atoms with Crippen LogP contribution in [0.25, 0.3) is 0 Å². The molecule has 0 aliphatic carbocycles. The van der Waals surface area contributed by atoms with Crippen LogP contribution in [0.3, 0.4) is 0 Å². The average Bonchev–Trinajstić information content (AvgIpc) is 2.28. The molecule has 0 heterocycles. The first-order valence-corrected chi connectivity index (χ1v) is 6.37. The van der Waals surface area contributed by atoms with E-state index in [0.29, 0.717) is 11.4 Å². The van der Waals surface area contributed by atoms with E-state index >= 15 is 0 Å². The summed E-state index contributed by atoms with van der Waals surface area (Å²) < 4.78 is 13.1. The fourth-order valence-electron chi connectivity index (χ4n) is 1.53. The summed E-state index contributed by atoms with van der Waals surface area (Å²) in [6.07, 6.45) is 2.02. The van der Waals surface area contributed by atoms with Crippen LogP contribution in [0.2, 0.25) is 0 Å². The number of hydrogen-bond acceptors (Lipinski definition) is 3. The molecule has 3 N–H and O–H groups in total. The van der Waals surface area contributed by atoms with E-state index in [1.54, 1.807) is 17.8 Å². The Morgan fingerprint density at radius 3 is 2.35 bits per heavy atom. The summed E-state index contributed by atoms with van der Waals surface area (Å²) in [6, 6.07) is 12.3. The van der Waals surface area contributed by atoms with E-state index in [2.05, 4.69) is 5.32 Å². The molecule has 88 valence electrons. The van der Waals surface area contributed by atoms with Gasteiger partial charge < -0.3 is 11.1 Å². The van der Waals surface area contributed by atoms with Crippen molar-refractivity contribution in [2.45, 2.75) is 4.90 Å². The number of anilines is 3. The van der Waals surface area contributed by atoms with E-state index in [0.717, 1.165) is 5.69 Å². The van der Waals surface area contributed by atoms with E-state index in [-0.39, 0.29) is 5.82 Å².